The highest BCUT2D eigenvalue weighted by Gasteiger charge is 2.38. The number of benzene rings is 2. The predicted molar refractivity (Wildman–Crippen MR) is 107 cm³/mol. The van der Waals surface area contributed by atoms with E-state index in [0.717, 1.165) is 17.0 Å². The molecule has 0 heterocycles. The van der Waals surface area contributed by atoms with Crippen molar-refractivity contribution >= 4 is 5.83 Å². The Hall–Kier alpha value is -2.17. The fourth-order valence-electron chi connectivity index (χ4n) is 4.20. The van der Waals surface area contributed by atoms with Crippen molar-refractivity contribution in [2.45, 2.75) is 57.5 Å². The van der Waals surface area contributed by atoms with Crippen LogP contribution in [0.5, 0.6) is 0 Å². The van der Waals surface area contributed by atoms with Gasteiger partial charge >= 0.3 is 6.18 Å². The highest BCUT2D eigenvalue weighted by atomic mass is 19.4. The van der Waals surface area contributed by atoms with Crippen LogP contribution in [0, 0.1) is 5.92 Å². The fourth-order valence-corrected chi connectivity index (χ4v) is 4.20. The lowest BCUT2D eigenvalue weighted by Crippen LogP contribution is -2.13. The summed E-state index contributed by atoms with van der Waals surface area (Å²) in [5, 5.41) is 0. The molecule has 5 heteroatoms. The molecule has 0 unspecified atom stereocenters. The van der Waals surface area contributed by atoms with Crippen LogP contribution in [0.2, 0.25) is 0 Å². The van der Waals surface area contributed by atoms with Crippen molar-refractivity contribution in [3.8, 4) is 11.1 Å². The number of halogens is 5. The number of hydrogen-bond acceptors (Lipinski definition) is 0. The molecule has 0 spiro atoms. The van der Waals surface area contributed by atoms with Gasteiger partial charge in [-0.15, -0.1) is 0 Å². The zero-order valence-electron chi connectivity index (χ0n) is 16.4. The molecule has 0 atom stereocenters. The lowest BCUT2D eigenvalue weighted by molar-refractivity contribution is -0.108. The molecule has 1 fully saturated rings. The second-order valence-electron chi connectivity index (χ2n) is 7.83. The average Bonchev–Trinajstić information content (AvgIpc) is 2.73. The Bertz CT molecular complexity index is 823. The van der Waals surface area contributed by atoms with Crippen LogP contribution in [-0.2, 0) is 0 Å². The van der Waals surface area contributed by atoms with E-state index in [1.165, 1.54) is 68.4 Å². The normalized spacial score (nSPS) is 21.0. The summed E-state index contributed by atoms with van der Waals surface area (Å²) >= 11 is 0. The maximum absolute atomic E-state index is 13.7. The quantitative estimate of drug-likeness (QED) is 0.435. The van der Waals surface area contributed by atoms with Crippen molar-refractivity contribution in [1.82, 2.24) is 0 Å². The third-order valence-corrected chi connectivity index (χ3v) is 5.84. The van der Waals surface area contributed by atoms with E-state index in [0.29, 0.717) is 5.92 Å². The molecular formula is C24H25F5. The van der Waals surface area contributed by atoms with Gasteiger partial charge in [0.1, 0.15) is 0 Å². The highest BCUT2D eigenvalue weighted by Crippen LogP contribution is 2.38. The molecule has 0 amide bonds. The molecule has 3 rings (SSSR count). The fraction of sp³-hybridized carbons (Fsp3) is 0.417. The maximum Gasteiger partial charge on any atom is 0.445 e. The Morgan fingerprint density at radius 1 is 0.828 bits per heavy atom. The van der Waals surface area contributed by atoms with Crippen LogP contribution in [0.15, 0.2) is 54.4 Å². The molecule has 156 valence electrons. The van der Waals surface area contributed by atoms with Crippen LogP contribution < -0.4 is 0 Å². The number of rotatable bonds is 5. The molecular weight excluding hydrogens is 383 g/mol. The van der Waals surface area contributed by atoms with Crippen LogP contribution >= 0.6 is 0 Å². The number of allylic oxidation sites excluding steroid dienone is 1. The van der Waals surface area contributed by atoms with Gasteiger partial charge in [-0.3, -0.25) is 0 Å². The van der Waals surface area contributed by atoms with E-state index in [9.17, 15) is 22.0 Å². The SMILES string of the molecule is CCCC1CCC(c2ccc(-c3ccc(/C(F)=C(\F)C(F)(F)F)cc3)cc2)CC1. The highest BCUT2D eigenvalue weighted by molar-refractivity contribution is 5.69. The summed E-state index contributed by atoms with van der Waals surface area (Å²) in [5.41, 5.74) is 2.51. The summed E-state index contributed by atoms with van der Waals surface area (Å²) in [4.78, 5) is 0. The molecule has 1 saturated carbocycles. The molecule has 0 aromatic heterocycles. The van der Waals surface area contributed by atoms with Gasteiger partial charge in [0, 0.05) is 5.56 Å². The van der Waals surface area contributed by atoms with E-state index < -0.39 is 23.4 Å². The first-order chi connectivity index (χ1) is 13.8. The molecule has 0 bridgehead atoms. The van der Waals surface area contributed by atoms with Crippen molar-refractivity contribution in [2.75, 3.05) is 0 Å². The zero-order valence-corrected chi connectivity index (χ0v) is 16.4. The second-order valence-corrected chi connectivity index (χ2v) is 7.83. The van der Waals surface area contributed by atoms with Gasteiger partial charge in [-0.2, -0.15) is 17.6 Å². The molecule has 0 aliphatic heterocycles. The minimum atomic E-state index is -5.33. The van der Waals surface area contributed by atoms with Gasteiger partial charge in [0.2, 0.25) is 5.83 Å². The van der Waals surface area contributed by atoms with Gasteiger partial charge in [-0.05, 0) is 54.2 Å². The van der Waals surface area contributed by atoms with Crippen molar-refractivity contribution in [3.05, 3.63) is 65.5 Å². The van der Waals surface area contributed by atoms with E-state index in [-0.39, 0.29) is 0 Å². The summed E-state index contributed by atoms with van der Waals surface area (Å²) in [6, 6.07) is 13.5. The largest absolute Gasteiger partial charge is 0.445 e. The third kappa shape index (κ3) is 5.26. The Morgan fingerprint density at radius 3 is 1.83 bits per heavy atom. The Labute approximate surface area is 168 Å². The van der Waals surface area contributed by atoms with Crippen molar-refractivity contribution in [1.29, 1.82) is 0 Å². The predicted octanol–water partition coefficient (Wildman–Crippen LogP) is 8.60. The van der Waals surface area contributed by atoms with E-state index in [1.807, 2.05) is 12.1 Å². The average molecular weight is 408 g/mol. The molecule has 0 saturated heterocycles. The van der Waals surface area contributed by atoms with Gasteiger partial charge in [-0.25, -0.2) is 4.39 Å². The molecule has 1 aliphatic carbocycles. The van der Waals surface area contributed by atoms with Crippen molar-refractivity contribution in [2.24, 2.45) is 5.92 Å². The van der Waals surface area contributed by atoms with E-state index in [2.05, 4.69) is 19.1 Å². The molecule has 0 radical (unpaired) electrons. The first-order valence-corrected chi connectivity index (χ1v) is 10.1. The first kappa shape index (κ1) is 21.5. The van der Waals surface area contributed by atoms with Gasteiger partial charge in [0.05, 0.1) is 0 Å². The van der Waals surface area contributed by atoms with Gasteiger partial charge < -0.3 is 0 Å². The number of hydrogen-bond donors (Lipinski definition) is 0. The smallest absolute Gasteiger partial charge is 0.203 e. The molecule has 0 nitrogen and oxygen atoms in total. The Balaban J connectivity index is 1.69. The maximum atomic E-state index is 13.7. The summed E-state index contributed by atoms with van der Waals surface area (Å²) in [7, 11) is 0. The Kier molecular flexibility index (Phi) is 6.76. The van der Waals surface area contributed by atoms with E-state index in [1.54, 1.807) is 0 Å². The van der Waals surface area contributed by atoms with Gasteiger partial charge in [0.15, 0.2) is 5.83 Å². The van der Waals surface area contributed by atoms with Crippen LogP contribution in [0.4, 0.5) is 22.0 Å². The summed E-state index contributed by atoms with van der Waals surface area (Å²) in [6.07, 6.45) is 2.18. The first-order valence-electron chi connectivity index (χ1n) is 10.1. The van der Waals surface area contributed by atoms with E-state index >= 15 is 0 Å². The summed E-state index contributed by atoms with van der Waals surface area (Å²) < 4.78 is 63.7. The van der Waals surface area contributed by atoms with Gasteiger partial charge in [0.25, 0.3) is 0 Å². The molecule has 29 heavy (non-hydrogen) atoms. The zero-order chi connectivity index (χ0) is 21.0. The summed E-state index contributed by atoms with van der Waals surface area (Å²) in [5.74, 6) is -3.17. The summed E-state index contributed by atoms with van der Waals surface area (Å²) in [6.45, 7) is 2.23. The third-order valence-electron chi connectivity index (χ3n) is 5.84. The minimum Gasteiger partial charge on any atom is -0.203 e. The second kappa shape index (κ2) is 9.10. The monoisotopic (exact) mass is 408 g/mol. The van der Waals surface area contributed by atoms with Crippen LogP contribution in [0.1, 0.15) is 62.5 Å². The molecule has 0 N–H and O–H groups in total. The molecule has 1 aliphatic rings. The lowest BCUT2D eigenvalue weighted by atomic mass is 9.77. The lowest BCUT2D eigenvalue weighted by Gasteiger charge is -2.28. The number of alkyl halides is 3. The van der Waals surface area contributed by atoms with Crippen LogP contribution in [0.25, 0.3) is 17.0 Å². The molecule has 2 aromatic rings. The van der Waals surface area contributed by atoms with Gasteiger partial charge in [-0.1, -0.05) is 68.3 Å². The Morgan fingerprint density at radius 2 is 1.34 bits per heavy atom. The van der Waals surface area contributed by atoms with Crippen molar-refractivity contribution in [3.63, 3.8) is 0 Å². The van der Waals surface area contributed by atoms with Crippen LogP contribution in [0.3, 0.4) is 0 Å². The molecule has 2 aromatic carbocycles. The van der Waals surface area contributed by atoms with Crippen LogP contribution in [-0.4, -0.2) is 6.18 Å². The van der Waals surface area contributed by atoms with E-state index in [4.69, 9.17) is 0 Å². The minimum absolute atomic E-state index is 0.427. The van der Waals surface area contributed by atoms with Crippen molar-refractivity contribution < 1.29 is 22.0 Å². The standard InChI is InChI=1S/C24H25F5/c1-2-3-16-4-6-17(7-5-16)18-8-10-19(11-9-18)20-12-14-21(15-13-20)22(25)23(26)24(27,28)29/h8-17H,2-7H2,1H3/b23-22+. The topological polar surface area (TPSA) is 0 Å².